The van der Waals surface area contributed by atoms with E-state index in [-0.39, 0.29) is 5.92 Å². The van der Waals surface area contributed by atoms with Crippen LogP contribution in [0.5, 0.6) is 0 Å². The van der Waals surface area contributed by atoms with Gasteiger partial charge in [0, 0.05) is 54.7 Å². The van der Waals surface area contributed by atoms with Crippen molar-refractivity contribution in [2.45, 2.75) is 26.1 Å². The van der Waals surface area contributed by atoms with E-state index in [1.165, 1.54) is 0 Å². The number of alkyl halides is 3. The van der Waals surface area contributed by atoms with Gasteiger partial charge in [-0.05, 0) is 47.9 Å². The molecule has 4 nitrogen and oxygen atoms in total. The van der Waals surface area contributed by atoms with E-state index in [0.29, 0.717) is 52.7 Å². The molecule has 0 bridgehead atoms. The van der Waals surface area contributed by atoms with Crippen molar-refractivity contribution >= 4 is 40.1 Å². The Balaban J connectivity index is 1.65. The second kappa shape index (κ2) is 8.28. The molecule has 0 saturated carbocycles. The zero-order valence-electron chi connectivity index (χ0n) is 17.4. The molecule has 170 valence electrons. The number of hydrogen-bond donors (Lipinski definition) is 1. The van der Waals surface area contributed by atoms with Gasteiger partial charge < -0.3 is 9.67 Å². The molecule has 3 aromatic rings. The standard InChI is InChI=1S/C23H21Cl2F3N2O2/c1-12-5-15(23(26,27)28)6-20-17(12)7-16(29(20)2)8-18-19(24)4-3-13(21(18)25)9-30-10-14(11-30)22(31)32/h3-7,14H,8-11H2,1-2H3,(H,31,32). The Bertz CT molecular complexity index is 1210. The lowest BCUT2D eigenvalue weighted by molar-refractivity contribution is -0.147. The molecular formula is C23H21Cl2F3N2O2. The first kappa shape index (κ1) is 23.0. The van der Waals surface area contributed by atoms with Crippen LogP contribution in [-0.4, -0.2) is 33.6 Å². The largest absolute Gasteiger partial charge is 0.481 e. The Kier molecular flexibility index (Phi) is 5.94. The van der Waals surface area contributed by atoms with Crippen LogP contribution in [0.3, 0.4) is 0 Å². The molecule has 2 heterocycles. The molecule has 9 heteroatoms. The Morgan fingerprint density at radius 1 is 1.19 bits per heavy atom. The Morgan fingerprint density at radius 3 is 2.50 bits per heavy atom. The normalized spacial score (nSPS) is 15.3. The number of rotatable bonds is 5. The predicted octanol–water partition coefficient (Wildman–Crippen LogP) is 5.92. The molecule has 0 radical (unpaired) electrons. The SMILES string of the molecule is Cc1cc(C(F)(F)F)cc2c1cc(Cc1c(Cl)ccc(CN3CC(C(=O)O)C3)c1Cl)n2C. The molecule has 1 aliphatic rings. The van der Waals surface area contributed by atoms with E-state index in [1.807, 2.05) is 17.0 Å². The quantitative estimate of drug-likeness (QED) is 0.488. The number of carbonyl (C=O) groups is 1. The van der Waals surface area contributed by atoms with Crippen molar-refractivity contribution in [3.8, 4) is 0 Å². The Hall–Kier alpha value is -2.22. The fourth-order valence-electron chi connectivity index (χ4n) is 4.20. The third-order valence-corrected chi connectivity index (χ3v) is 6.94. The van der Waals surface area contributed by atoms with E-state index in [9.17, 15) is 18.0 Å². The van der Waals surface area contributed by atoms with Crippen LogP contribution in [0.1, 0.15) is 27.9 Å². The number of aromatic nitrogens is 1. The van der Waals surface area contributed by atoms with E-state index in [1.54, 1.807) is 24.6 Å². The van der Waals surface area contributed by atoms with Gasteiger partial charge in [0.05, 0.1) is 16.5 Å². The second-order valence-electron chi connectivity index (χ2n) is 8.32. The highest BCUT2D eigenvalue weighted by molar-refractivity contribution is 6.36. The Labute approximate surface area is 193 Å². The van der Waals surface area contributed by atoms with Crippen LogP contribution < -0.4 is 0 Å². The molecule has 1 aromatic heterocycles. The van der Waals surface area contributed by atoms with Crippen LogP contribution in [0.4, 0.5) is 13.2 Å². The van der Waals surface area contributed by atoms with Crippen molar-refractivity contribution in [1.29, 1.82) is 0 Å². The lowest BCUT2D eigenvalue weighted by Crippen LogP contribution is -2.49. The smallest absolute Gasteiger partial charge is 0.416 e. The van der Waals surface area contributed by atoms with Gasteiger partial charge in [-0.2, -0.15) is 13.2 Å². The van der Waals surface area contributed by atoms with Gasteiger partial charge in [-0.25, -0.2) is 0 Å². The first-order chi connectivity index (χ1) is 15.0. The highest BCUT2D eigenvalue weighted by Crippen LogP contribution is 2.36. The summed E-state index contributed by atoms with van der Waals surface area (Å²) in [5.41, 5.74) is 2.69. The maximum Gasteiger partial charge on any atom is 0.416 e. The molecule has 1 saturated heterocycles. The van der Waals surface area contributed by atoms with Gasteiger partial charge >= 0.3 is 12.1 Å². The summed E-state index contributed by atoms with van der Waals surface area (Å²) in [5.74, 6) is -1.16. The maximum absolute atomic E-state index is 13.3. The number of carboxylic acids is 1. The minimum Gasteiger partial charge on any atom is -0.481 e. The average molecular weight is 485 g/mol. The first-order valence-corrected chi connectivity index (χ1v) is 10.8. The minimum absolute atomic E-state index is 0.356. The maximum atomic E-state index is 13.3. The number of aliphatic carboxylic acids is 1. The summed E-state index contributed by atoms with van der Waals surface area (Å²) in [7, 11) is 1.73. The van der Waals surface area contributed by atoms with Gasteiger partial charge in [0.1, 0.15) is 0 Å². The van der Waals surface area contributed by atoms with Crippen molar-refractivity contribution < 1.29 is 23.1 Å². The summed E-state index contributed by atoms with van der Waals surface area (Å²) in [6, 6.07) is 7.77. The summed E-state index contributed by atoms with van der Waals surface area (Å²) in [6.45, 7) is 3.11. The van der Waals surface area contributed by atoms with E-state index in [4.69, 9.17) is 28.3 Å². The molecule has 1 fully saturated rings. The number of halogens is 5. The van der Waals surface area contributed by atoms with E-state index >= 15 is 0 Å². The van der Waals surface area contributed by atoms with Crippen molar-refractivity contribution in [2.24, 2.45) is 13.0 Å². The van der Waals surface area contributed by atoms with Gasteiger partial charge in [-0.15, -0.1) is 0 Å². The molecule has 4 rings (SSSR count). The Morgan fingerprint density at radius 2 is 1.88 bits per heavy atom. The lowest BCUT2D eigenvalue weighted by Gasteiger charge is -2.36. The summed E-state index contributed by atoms with van der Waals surface area (Å²) >= 11 is 13.1. The molecular weight excluding hydrogens is 464 g/mol. The van der Waals surface area contributed by atoms with E-state index < -0.39 is 17.7 Å². The number of likely N-dealkylation sites (tertiary alicyclic amines) is 1. The number of carboxylic acid groups (broad SMARTS) is 1. The summed E-state index contributed by atoms with van der Waals surface area (Å²) in [5, 5.41) is 10.8. The van der Waals surface area contributed by atoms with Gasteiger partial charge in [-0.3, -0.25) is 9.69 Å². The average Bonchev–Trinajstić information content (AvgIpc) is 2.98. The summed E-state index contributed by atoms with van der Waals surface area (Å²) in [6.07, 6.45) is -4.06. The van der Waals surface area contributed by atoms with Gasteiger partial charge in [-0.1, -0.05) is 29.3 Å². The van der Waals surface area contributed by atoms with Gasteiger partial charge in [0.2, 0.25) is 0 Å². The molecule has 0 amide bonds. The van der Waals surface area contributed by atoms with Crippen molar-refractivity contribution in [3.05, 3.63) is 68.3 Å². The van der Waals surface area contributed by atoms with Crippen LogP contribution in [0, 0.1) is 12.8 Å². The van der Waals surface area contributed by atoms with Gasteiger partial charge in [0.25, 0.3) is 0 Å². The molecule has 0 spiro atoms. The first-order valence-electron chi connectivity index (χ1n) is 10.0. The molecule has 0 atom stereocenters. The number of fused-ring (bicyclic) bond motifs is 1. The third-order valence-electron chi connectivity index (χ3n) is 6.12. The molecule has 2 aromatic carbocycles. The fraction of sp³-hybridized carbons (Fsp3) is 0.348. The molecule has 1 N–H and O–H groups in total. The molecule has 0 unspecified atom stereocenters. The lowest BCUT2D eigenvalue weighted by atomic mass is 9.98. The van der Waals surface area contributed by atoms with Crippen molar-refractivity contribution in [2.75, 3.05) is 13.1 Å². The fourth-order valence-corrected chi connectivity index (χ4v) is 4.77. The van der Waals surface area contributed by atoms with Crippen LogP contribution in [0.25, 0.3) is 10.9 Å². The van der Waals surface area contributed by atoms with Gasteiger partial charge in [0.15, 0.2) is 0 Å². The van der Waals surface area contributed by atoms with Crippen LogP contribution in [0.15, 0.2) is 30.3 Å². The highest BCUT2D eigenvalue weighted by Gasteiger charge is 2.33. The zero-order valence-corrected chi connectivity index (χ0v) is 18.9. The van der Waals surface area contributed by atoms with Crippen molar-refractivity contribution in [3.63, 3.8) is 0 Å². The third kappa shape index (κ3) is 4.21. The molecule has 1 aliphatic heterocycles. The highest BCUT2D eigenvalue weighted by atomic mass is 35.5. The van der Waals surface area contributed by atoms with Crippen molar-refractivity contribution in [1.82, 2.24) is 9.47 Å². The molecule has 32 heavy (non-hydrogen) atoms. The van der Waals surface area contributed by atoms with Crippen LogP contribution >= 0.6 is 23.2 Å². The second-order valence-corrected chi connectivity index (χ2v) is 9.11. The zero-order chi connectivity index (χ0) is 23.4. The monoisotopic (exact) mass is 484 g/mol. The van der Waals surface area contributed by atoms with E-state index in [0.717, 1.165) is 28.8 Å². The number of benzene rings is 2. The predicted molar refractivity (Wildman–Crippen MR) is 118 cm³/mol. The minimum atomic E-state index is -4.42. The summed E-state index contributed by atoms with van der Waals surface area (Å²) < 4.78 is 41.5. The number of hydrogen-bond acceptors (Lipinski definition) is 2. The number of nitrogens with zero attached hydrogens (tertiary/aromatic N) is 2. The summed E-state index contributed by atoms with van der Waals surface area (Å²) in [4.78, 5) is 13.0. The van der Waals surface area contributed by atoms with Crippen LogP contribution in [0.2, 0.25) is 10.0 Å². The molecule has 0 aliphatic carbocycles. The van der Waals surface area contributed by atoms with E-state index in [2.05, 4.69) is 0 Å². The topological polar surface area (TPSA) is 45.5 Å². The number of aryl methyl sites for hydroxylation is 2. The van der Waals surface area contributed by atoms with Crippen LogP contribution in [-0.2, 0) is 31.0 Å².